The van der Waals surface area contributed by atoms with Gasteiger partial charge in [0.1, 0.15) is 5.54 Å². The van der Waals surface area contributed by atoms with Crippen molar-refractivity contribution in [3.63, 3.8) is 0 Å². The van der Waals surface area contributed by atoms with Crippen molar-refractivity contribution in [1.82, 2.24) is 5.32 Å². The molecule has 5 nitrogen and oxygen atoms in total. The van der Waals surface area contributed by atoms with Crippen LogP contribution in [0.2, 0.25) is 5.02 Å². The molecule has 2 amide bonds. The number of benzene rings is 1. The fourth-order valence-corrected chi connectivity index (χ4v) is 2.30. The number of carbonyl (C=O) groups excluding carboxylic acids is 1. The lowest BCUT2D eigenvalue weighted by Crippen LogP contribution is -2.60. The quantitative estimate of drug-likeness (QED) is 0.785. The lowest BCUT2D eigenvalue weighted by atomic mass is 9.77. The molecule has 1 saturated carbocycles. The highest BCUT2D eigenvalue weighted by molar-refractivity contribution is 9.10. The van der Waals surface area contributed by atoms with Crippen LogP contribution in [-0.2, 0) is 4.79 Å². The average molecular weight is 348 g/mol. The van der Waals surface area contributed by atoms with E-state index in [4.69, 9.17) is 16.7 Å². The molecular formula is C12H12BrClN2O3. The molecule has 0 spiro atoms. The Morgan fingerprint density at radius 2 is 2.05 bits per heavy atom. The van der Waals surface area contributed by atoms with Crippen molar-refractivity contribution >= 4 is 45.2 Å². The van der Waals surface area contributed by atoms with Crippen LogP contribution in [0.4, 0.5) is 10.5 Å². The van der Waals surface area contributed by atoms with E-state index < -0.39 is 17.5 Å². The molecular weight excluding hydrogens is 336 g/mol. The standard InChI is InChI=1S/C12H12BrClN2O3/c13-8-3-2-7(6-9(8)14)15-11(19)16-12(10(17)18)4-1-5-12/h2-3,6H,1,4-5H2,(H,17,18)(H2,15,16,19). The highest BCUT2D eigenvalue weighted by atomic mass is 79.9. The second-order valence-corrected chi connectivity index (χ2v) is 5.71. The Hall–Kier alpha value is -1.27. The number of hydrogen-bond donors (Lipinski definition) is 3. The van der Waals surface area contributed by atoms with Gasteiger partial charge in [0.15, 0.2) is 0 Å². The summed E-state index contributed by atoms with van der Waals surface area (Å²) in [7, 11) is 0. The molecule has 0 atom stereocenters. The molecule has 7 heteroatoms. The Kier molecular flexibility index (Phi) is 4.01. The molecule has 19 heavy (non-hydrogen) atoms. The van der Waals surface area contributed by atoms with E-state index in [1.54, 1.807) is 18.2 Å². The van der Waals surface area contributed by atoms with Crippen LogP contribution >= 0.6 is 27.5 Å². The van der Waals surface area contributed by atoms with E-state index in [1.807, 2.05) is 0 Å². The minimum Gasteiger partial charge on any atom is -0.480 e. The van der Waals surface area contributed by atoms with Gasteiger partial charge in [0.25, 0.3) is 0 Å². The number of carboxylic acids is 1. The number of nitrogens with one attached hydrogen (secondary N) is 2. The SMILES string of the molecule is O=C(Nc1ccc(Br)c(Cl)c1)NC1(C(=O)O)CCC1. The summed E-state index contributed by atoms with van der Waals surface area (Å²) in [5.41, 5.74) is -0.617. The molecule has 0 unspecified atom stereocenters. The van der Waals surface area contributed by atoms with Gasteiger partial charge in [0.05, 0.1) is 5.02 Å². The van der Waals surface area contributed by atoms with Crippen molar-refractivity contribution in [2.24, 2.45) is 0 Å². The number of anilines is 1. The fraction of sp³-hybridized carbons (Fsp3) is 0.333. The van der Waals surface area contributed by atoms with Crippen LogP contribution in [0.1, 0.15) is 19.3 Å². The molecule has 3 N–H and O–H groups in total. The van der Waals surface area contributed by atoms with Crippen LogP contribution in [0.15, 0.2) is 22.7 Å². The predicted octanol–water partition coefficient (Wildman–Crippen LogP) is 3.23. The lowest BCUT2D eigenvalue weighted by molar-refractivity contribution is -0.148. The van der Waals surface area contributed by atoms with Crippen molar-refractivity contribution < 1.29 is 14.7 Å². The third kappa shape index (κ3) is 3.01. The Morgan fingerprint density at radius 1 is 1.37 bits per heavy atom. The number of amides is 2. The molecule has 1 aliphatic rings. The number of aliphatic carboxylic acids is 1. The van der Waals surface area contributed by atoms with Crippen LogP contribution in [0.3, 0.4) is 0 Å². The Labute approximate surface area is 123 Å². The monoisotopic (exact) mass is 346 g/mol. The van der Waals surface area contributed by atoms with Crippen molar-refractivity contribution in [1.29, 1.82) is 0 Å². The molecule has 0 aliphatic heterocycles. The zero-order valence-corrected chi connectivity index (χ0v) is 12.2. The molecule has 1 aliphatic carbocycles. The molecule has 0 saturated heterocycles. The summed E-state index contributed by atoms with van der Waals surface area (Å²) in [6, 6.07) is 4.41. The van der Waals surface area contributed by atoms with Crippen LogP contribution in [-0.4, -0.2) is 22.6 Å². The van der Waals surface area contributed by atoms with Gasteiger partial charge in [0.2, 0.25) is 0 Å². The van der Waals surface area contributed by atoms with Crippen molar-refractivity contribution in [2.45, 2.75) is 24.8 Å². The van der Waals surface area contributed by atoms with Gasteiger partial charge >= 0.3 is 12.0 Å². The van der Waals surface area contributed by atoms with Gasteiger partial charge in [-0.1, -0.05) is 11.6 Å². The van der Waals surface area contributed by atoms with Crippen LogP contribution in [0.5, 0.6) is 0 Å². The number of urea groups is 1. The fourth-order valence-electron chi connectivity index (χ4n) is 1.88. The molecule has 1 aromatic rings. The first-order chi connectivity index (χ1) is 8.93. The summed E-state index contributed by atoms with van der Waals surface area (Å²) in [6.45, 7) is 0. The van der Waals surface area contributed by atoms with Crippen LogP contribution < -0.4 is 10.6 Å². The Bertz CT molecular complexity index is 532. The van der Waals surface area contributed by atoms with E-state index >= 15 is 0 Å². The maximum absolute atomic E-state index is 11.8. The smallest absolute Gasteiger partial charge is 0.329 e. The van der Waals surface area contributed by atoms with Crippen molar-refractivity contribution in [3.05, 3.63) is 27.7 Å². The van der Waals surface area contributed by atoms with Crippen LogP contribution in [0.25, 0.3) is 0 Å². The lowest BCUT2D eigenvalue weighted by Gasteiger charge is -2.38. The first-order valence-corrected chi connectivity index (χ1v) is 6.88. The Morgan fingerprint density at radius 3 is 2.53 bits per heavy atom. The topological polar surface area (TPSA) is 78.4 Å². The molecule has 0 bridgehead atoms. The summed E-state index contributed by atoms with van der Waals surface area (Å²) < 4.78 is 0.723. The van der Waals surface area contributed by atoms with E-state index in [0.29, 0.717) is 23.6 Å². The normalized spacial score (nSPS) is 16.3. The molecule has 0 aromatic heterocycles. The summed E-state index contributed by atoms with van der Waals surface area (Å²) in [4.78, 5) is 22.9. The summed E-state index contributed by atoms with van der Waals surface area (Å²) in [5, 5.41) is 14.7. The van der Waals surface area contributed by atoms with Crippen molar-refractivity contribution in [3.8, 4) is 0 Å². The largest absolute Gasteiger partial charge is 0.480 e. The van der Waals surface area contributed by atoms with Gasteiger partial charge in [0, 0.05) is 10.2 Å². The van der Waals surface area contributed by atoms with Crippen molar-refractivity contribution in [2.75, 3.05) is 5.32 Å². The molecule has 0 radical (unpaired) electrons. The first kappa shape index (κ1) is 14.1. The van der Waals surface area contributed by atoms with E-state index in [9.17, 15) is 9.59 Å². The zero-order chi connectivity index (χ0) is 14.0. The third-order valence-corrected chi connectivity index (χ3v) is 4.38. The summed E-state index contributed by atoms with van der Waals surface area (Å²) in [5.74, 6) is -0.997. The van der Waals surface area contributed by atoms with Gasteiger partial charge in [-0.25, -0.2) is 9.59 Å². The molecule has 1 fully saturated rings. The molecule has 102 valence electrons. The van der Waals surface area contributed by atoms with Gasteiger partial charge in [-0.2, -0.15) is 0 Å². The summed E-state index contributed by atoms with van der Waals surface area (Å²) >= 11 is 9.15. The average Bonchev–Trinajstić information content (AvgIpc) is 2.28. The highest BCUT2D eigenvalue weighted by Gasteiger charge is 2.45. The third-order valence-electron chi connectivity index (χ3n) is 3.15. The summed E-state index contributed by atoms with van der Waals surface area (Å²) in [6.07, 6.45) is 1.71. The second kappa shape index (κ2) is 5.38. The number of halogens is 2. The number of hydrogen-bond acceptors (Lipinski definition) is 2. The first-order valence-electron chi connectivity index (χ1n) is 5.70. The minimum absolute atomic E-state index is 0.455. The molecule has 0 heterocycles. The number of rotatable bonds is 3. The van der Waals surface area contributed by atoms with Gasteiger partial charge in [-0.15, -0.1) is 0 Å². The predicted molar refractivity (Wildman–Crippen MR) is 75.5 cm³/mol. The second-order valence-electron chi connectivity index (χ2n) is 4.45. The molecule has 2 rings (SSSR count). The van der Waals surface area contributed by atoms with E-state index in [-0.39, 0.29) is 0 Å². The van der Waals surface area contributed by atoms with Gasteiger partial charge in [-0.3, -0.25) is 0 Å². The van der Waals surface area contributed by atoms with Crippen LogP contribution in [0, 0.1) is 0 Å². The maximum atomic E-state index is 11.8. The maximum Gasteiger partial charge on any atom is 0.329 e. The number of carbonyl (C=O) groups is 2. The molecule has 1 aromatic carbocycles. The zero-order valence-electron chi connectivity index (χ0n) is 9.87. The van der Waals surface area contributed by atoms with E-state index in [0.717, 1.165) is 10.9 Å². The Balaban J connectivity index is 2.01. The van der Waals surface area contributed by atoms with E-state index in [2.05, 4.69) is 26.6 Å². The van der Waals surface area contributed by atoms with Gasteiger partial charge in [-0.05, 0) is 53.4 Å². The highest BCUT2D eigenvalue weighted by Crippen LogP contribution is 2.32. The minimum atomic E-state index is -1.12. The van der Waals surface area contributed by atoms with E-state index in [1.165, 1.54) is 0 Å². The van der Waals surface area contributed by atoms with Gasteiger partial charge < -0.3 is 15.7 Å². The number of carboxylic acid groups (broad SMARTS) is 1.